The van der Waals surface area contributed by atoms with Gasteiger partial charge in [0, 0.05) is 20.5 Å². The summed E-state index contributed by atoms with van der Waals surface area (Å²) < 4.78 is 4.43. The lowest BCUT2D eigenvalue weighted by molar-refractivity contribution is -0.119. The highest BCUT2D eigenvalue weighted by Gasteiger charge is 2.39. The molecule has 226 valence electrons. The highest BCUT2D eigenvalue weighted by atomic mass is 16.5. The molecule has 1 aliphatic carbocycles. The Balaban J connectivity index is -0.0000000983. The van der Waals surface area contributed by atoms with Gasteiger partial charge in [-0.2, -0.15) is 0 Å². The van der Waals surface area contributed by atoms with E-state index in [9.17, 15) is 14.4 Å². The quantitative estimate of drug-likeness (QED) is 0.231. The van der Waals surface area contributed by atoms with Gasteiger partial charge in [-0.3, -0.25) is 10.2 Å². The van der Waals surface area contributed by atoms with Crippen LogP contribution in [0.15, 0.2) is 0 Å². The number of hydrogen-bond donors (Lipinski definition) is 4. The number of amides is 4. The van der Waals surface area contributed by atoms with E-state index in [1.807, 2.05) is 60.8 Å². The molecule has 9 nitrogen and oxygen atoms in total. The van der Waals surface area contributed by atoms with E-state index in [0.29, 0.717) is 5.41 Å². The molecule has 0 aromatic carbocycles. The van der Waals surface area contributed by atoms with Gasteiger partial charge in [0.1, 0.15) is 6.29 Å². The minimum Gasteiger partial charge on any atom is -0.449 e. The fourth-order valence-corrected chi connectivity index (χ4v) is 3.98. The van der Waals surface area contributed by atoms with Crippen molar-refractivity contribution in [2.24, 2.45) is 16.7 Å². The zero-order valence-corrected chi connectivity index (χ0v) is 27.2. The highest BCUT2D eigenvalue weighted by molar-refractivity contribution is 5.76. The van der Waals surface area contributed by atoms with Crippen molar-refractivity contribution in [2.75, 3.05) is 20.2 Å². The molecule has 0 radical (unpaired) electrons. The molecule has 0 spiro atoms. The van der Waals surface area contributed by atoms with Gasteiger partial charge in [-0.1, -0.05) is 83.1 Å². The van der Waals surface area contributed by atoms with Gasteiger partial charge in [0.2, 0.25) is 5.91 Å². The fraction of sp³-hybridized carbons (Fsp3) is 0.857. The number of rotatable bonds is 3. The van der Waals surface area contributed by atoms with Crippen molar-refractivity contribution in [3.63, 3.8) is 0 Å². The molecule has 1 saturated carbocycles. The minimum absolute atomic E-state index is 0.0720. The Morgan fingerprint density at radius 3 is 1.68 bits per heavy atom. The summed E-state index contributed by atoms with van der Waals surface area (Å²) in [5.41, 5.74) is 4.73. The van der Waals surface area contributed by atoms with Crippen molar-refractivity contribution < 1.29 is 23.9 Å². The van der Waals surface area contributed by atoms with E-state index in [1.54, 1.807) is 14.0 Å². The molecule has 1 fully saturated rings. The third-order valence-corrected chi connectivity index (χ3v) is 4.17. The molecule has 1 rings (SSSR count). The van der Waals surface area contributed by atoms with E-state index in [4.69, 9.17) is 4.79 Å². The summed E-state index contributed by atoms with van der Waals surface area (Å²) in [5.74, 6) is 0.410. The maximum Gasteiger partial charge on any atom is 0.426 e. The molecule has 0 aromatic heterocycles. The van der Waals surface area contributed by atoms with E-state index >= 15 is 0 Å². The predicted octanol–water partition coefficient (Wildman–Crippen LogP) is 6.86. The minimum atomic E-state index is -0.655. The summed E-state index contributed by atoms with van der Waals surface area (Å²) in [4.78, 5) is 40.6. The lowest BCUT2D eigenvalue weighted by Crippen LogP contribution is -2.45. The second-order valence-corrected chi connectivity index (χ2v) is 8.36. The van der Waals surface area contributed by atoms with E-state index in [0.717, 1.165) is 18.7 Å². The first-order chi connectivity index (χ1) is 17.3. The van der Waals surface area contributed by atoms with Crippen LogP contribution in [0.5, 0.6) is 0 Å². The second-order valence-electron chi connectivity index (χ2n) is 8.36. The van der Waals surface area contributed by atoms with Gasteiger partial charge >= 0.3 is 12.1 Å². The van der Waals surface area contributed by atoms with Crippen molar-refractivity contribution >= 4 is 24.3 Å². The van der Waals surface area contributed by atoms with Crippen LogP contribution in [0.1, 0.15) is 123 Å². The van der Waals surface area contributed by atoms with E-state index < -0.39 is 6.09 Å². The molecule has 0 aliphatic heterocycles. The van der Waals surface area contributed by atoms with E-state index in [2.05, 4.69) is 48.5 Å². The first kappa shape index (κ1) is 47.8. The van der Waals surface area contributed by atoms with Crippen LogP contribution in [0.4, 0.5) is 9.59 Å². The van der Waals surface area contributed by atoms with Gasteiger partial charge in [-0.05, 0) is 49.9 Å². The van der Waals surface area contributed by atoms with E-state index in [-0.39, 0.29) is 24.0 Å². The monoisotopic (exact) mass is 536 g/mol. The SMILES string of the molecule is CC.CC.CC.CC.CC=O.CCOC(=O)NNC(C)=O.CNC(=O)NCC1(C)CC(C)CC(C)(C)C1. The summed E-state index contributed by atoms with van der Waals surface area (Å²) in [6, 6.07) is -0.0720. The number of nitrogens with one attached hydrogen (secondary N) is 4. The Kier molecular flexibility index (Phi) is 43.5. The number of carbonyl (C=O) groups excluding carboxylic acids is 4. The second kappa shape index (κ2) is 33.7. The lowest BCUT2D eigenvalue weighted by Gasteiger charge is -2.46. The average Bonchev–Trinajstić information content (AvgIpc) is 2.86. The Bertz CT molecular complexity index is 529. The molecule has 0 bridgehead atoms. The van der Waals surface area contributed by atoms with Crippen LogP contribution >= 0.6 is 0 Å². The Morgan fingerprint density at radius 1 is 0.919 bits per heavy atom. The molecule has 37 heavy (non-hydrogen) atoms. The number of hydrazine groups is 1. The molecule has 2 unspecified atom stereocenters. The maximum atomic E-state index is 11.2. The van der Waals surface area contributed by atoms with Gasteiger partial charge in [0.05, 0.1) is 6.61 Å². The van der Waals surface area contributed by atoms with E-state index in [1.165, 1.54) is 33.1 Å². The zero-order chi connectivity index (χ0) is 31.1. The van der Waals surface area contributed by atoms with Gasteiger partial charge < -0.3 is 20.2 Å². The van der Waals surface area contributed by atoms with Crippen LogP contribution in [0, 0.1) is 16.7 Å². The van der Waals surface area contributed by atoms with Crippen molar-refractivity contribution in [3.8, 4) is 0 Å². The molecular formula is C28H64N4O5. The number of urea groups is 1. The third kappa shape index (κ3) is 38.4. The Labute approximate surface area is 230 Å². The summed E-state index contributed by atoms with van der Waals surface area (Å²) >= 11 is 0. The molecule has 2 atom stereocenters. The van der Waals surface area contributed by atoms with Gasteiger partial charge in [0.25, 0.3) is 0 Å². The molecule has 0 heterocycles. The first-order valence-electron chi connectivity index (χ1n) is 13.9. The molecule has 0 saturated heterocycles. The average molecular weight is 537 g/mol. The molecule has 0 aromatic rings. The van der Waals surface area contributed by atoms with Crippen LogP contribution in [-0.4, -0.2) is 44.5 Å². The van der Waals surface area contributed by atoms with Gasteiger partial charge in [0.15, 0.2) is 0 Å². The van der Waals surface area contributed by atoms with Crippen molar-refractivity contribution in [1.82, 2.24) is 21.5 Å². The van der Waals surface area contributed by atoms with Gasteiger partial charge in [-0.15, -0.1) is 0 Å². The molecular weight excluding hydrogens is 472 g/mol. The maximum absolute atomic E-state index is 11.2. The van der Waals surface area contributed by atoms with Crippen molar-refractivity contribution in [1.29, 1.82) is 0 Å². The standard InChI is InChI=1S/C13H26N2O.C5H10N2O3.C2H4O.4C2H6/c1-10-6-12(2,3)8-13(4,7-10)9-15-11(16)14-5;1-3-10-5(9)7-6-4(2)8;1-2-3;4*1-2/h10H,6-9H2,1-5H3,(H2,14,15,16);3H2,1-2H3,(H,6,8)(H,7,9);2H,1H3;4*1-2H3. The molecule has 1 aliphatic rings. The summed E-state index contributed by atoms with van der Waals surface area (Å²) in [6.07, 6.45) is 3.79. The Hall–Kier alpha value is -2.32. The number of hydrogen-bond acceptors (Lipinski definition) is 5. The zero-order valence-electron chi connectivity index (χ0n) is 27.2. The van der Waals surface area contributed by atoms with Crippen LogP contribution in [0.25, 0.3) is 0 Å². The highest BCUT2D eigenvalue weighted by Crippen LogP contribution is 2.48. The summed E-state index contributed by atoms with van der Waals surface area (Å²) in [5, 5.41) is 5.55. The van der Waals surface area contributed by atoms with Gasteiger partial charge in [-0.25, -0.2) is 15.0 Å². The number of carbonyl (C=O) groups is 4. The molecule has 4 N–H and O–H groups in total. The molecule has 9 heteroatoms. The van der Waals surface area contributed by atoms with Crippen molar-refractivity contribution in [2.45, 2.75) is 123 Å². The van der Waals surface area contributed by atoms with Crippen LogP contribution in [0.2, 0.25) is 0 Å². The van der Waals surface area contributed by atoms with Crippen LogP contribution in [0.3, 0.4) is 0 Å². The van der Waals surface area contributed by atoms with Crippen LogP contribution < -0.4 is 21.5 Å². The largest absolute Gasteiger partial charge is 0.449 e. The number of ether oxygens (including phenoxy) is 1. The Morgan fingerprint density at radius 2 is 1.35 bits per heavy atom. The number of aldehydes is 1. The first-order valence-corrected chi connectivity index (χ1v) is 13.9. The summed E-state index contributed by atoms with van der Waals surface area (Å²) in [6.45, 7) is 30.7. The topological polar surface area (TPSA) is 126 Å². The summed E-state index contributed by atoms with van der Waals surface area (Å²) in [7, 11) is 1.66. The lowest BCUT2D eigenvalue weighted by atomic mass is 9.61. The smallest absolute Gasteiger partial charge is 0.426 e. The predicted molar refractivity (Wildman–Crippen MR) is 158 cm³/mol. The van der Waals surface area contributed by atoms with Crippen molar-refractivity contribution in [3.05, 3.63) is 0 Å². The normalized spacial score (nSPS) is 17.6. The molecule has 4 amide bonds. The van der Waals surface area contributed by atoms with Crippen LogP contribution in [-0.2, 0) is 14.3 Å². The third-order valence-electron chi connectivity index (χ3n) is 4.17. The fourth-order valence-electron chi connectivity index (χ4n) is 3.98.